The SMILES string of the molecule is CC(C)[C@@H]1CCCC[C@H]1NC(=O)C(F)F. The molecule has 88 valence electrons. The summed E-state index contributed by atoms with van der Waals surface area (Å²) in [4.78, 5) is 10.9. The van der Waals surface area contributed by atoms with Gasteiger partial charge in [-0.15, -0.1) is 0 Å². The molecule has 0 saturated heterocycles. The van der Waals surface area contributed by atoms with Crippen LogP contribution in [-0.2, 0) is 4.79 Å². The lowest BCUT2D eigenvalue weighted by atomic mass is 9.78. The van der Waals surface area contributed by atoms with E-state index < -0.39 is 12.3 Å². The van der Waals surface area contributed by atoms with Crippen molar-refractivity contribution in [3.8, 4) is 0 Å². The van der Waals surface area contributed by atoms with Gasteiger partial charge in [0.1, 0.15) is 0 Å². The molecule has 0 unspecified atom stereocenters. The van der Waals surface area contributed by atoms with E-state index in [9.17, 15) is 13.6 Å². The average molecular weight is 219 g/mol. The van der Waals surface area contributed by atoms with Gasteiger partial charge in [-0.2, -0.15) is 8.78 Å². The molecule has 4 heteroatoms. The van der Waals surface area contributed by atoms with Crippen LogP contribution in [0.4, 0.5) is 8.78 Å². The highest BCUT2D eigenvalue weighted by Gasteiger charge is 2.30. The normalized spacial score (nSPS) is 27.1. The summed E-state index contributed by atoms with van der Waals surface area (Å²) in [5.41, 5.74) is 0. The number of nitrogens with one attached hydrogen (secondary N) is 1. The Morgan fingerprint density at radius 3 is 2.40 bits per heavy atom. The average Bonchev–Trinajstić information content (AvgIpc) is 2.18. The van der Waals surface area contributed by atoms with Crippen LogP contribution in [0.1, 0.15) is 39.5 Å². The van der Waals surface area contributed by atoms with Crippen LogP contribution in [0.5, 0.6) is 0 Å². The zero-order valence-electron chi connectivity index (χ0n) is 9.30. The lowest BCUT2D eigenvalue weighted by molar-refractivity contribution is -0.133. The van der Waals surface area contributed by atoms with Gasteiger partial charge in [0.25, 0.3) is 5.91 Å². The molecule has 1 saturated carbocycles. The number of carbonyl (C=O) groups excluding carboxylic acids is 1. The van der Waals surface area contributed by atoms with Crippen molar-refractivity contribution in [2.24, 2.45) is 11.8 Å². The molecule has 2 nitrogen and oxygen atoms in total. The summed E-state index contributed by atoms with van der Waals surface area (Å²) in [6, 6.07) is -0.0553. The van der Waals surface area contributed by atoms with Crippen LogP contribution in [0.2, 0.25) is 0 Å². The third-order valence-corrected chi connectivity index (χ3v) is 3.20. The molecule has 0 aromatic rings. The smallest absolute Gasteiger partial charge is 0.315 e. The van der Waals surface area contributed by atoms with E-state index in [1.165, 1.54) is 0 Å². The maximum atomic E-state index is 12.1. The van der Waals surface area contributed by atoms with Crippen molar-refractivity contribution in [1.29, 1.82) is 0 Å². The number of carbonyl (C=O) groups is 1. The summed E-state index contributed by atoms with van der Waals surface area (Å²) in [5, 5.41) is 2.46. The van der Waals surface area contributed by atoms with Crippen LogP contribution in [-0.4, -0.2) is 18.4 Å². The Morgan fingerprint density at radius 2 is 1.87 bits per heavy atom. The molecule has 0 radical (unpaired) electrons. The lowest BCUT2D eigenvalue weighted by Gasteiger charge is -2.34. The second-order valence-electron chi connectivity index (χ2n) is 4.61. The van der Waals surface area contributed by atoms with E-state index in [0.717, 1.165) is 25.7 Å². The molecule has 1 aliphatic carbocycles. The fraction of sp³-hybridized carbons (Fsp3) is 0.909. The van der Waals surface area contributed by atoms with Gasteiger partial charge in [0.05, 0.1) is 0 Å². The molecule has 1 rings (SSSR count). The van der Waals surface area contributed by atoms with Crippen LogP contribution in [0, 0.1) is 11.8 Å². The van der Waals surface area contributed by atoms with Crippen LogP contribution in [0.15, 0.2) is 0 Å². The second-order valence-corrected chi connectivity index (χ2v) is 4.61. The molecule has 0 aromatic heterocycles. The summed E-state index contributed by atoms with van der Waals surface area (Å²) in [6.07, 6.45) is 1.15. The van der Waals surface area contributed by atoms with Gasteiger partial charge in [0.2, 0.25) is 0 Å². The van der Waals surface area contributed by atoms with Gasteiger partial charge >= 0.3 is 6.43 Å². The number of halogens is 2. The van der Waals surface area contributed by atoms with Gasteiger partial charge in [0.15, 0.2) is 0 Å². The number of hydrogen-bond acceptors (Lipinski definition) is 1. The van der Waals surface area contributed by atoms with Crippen molar-refractivity contribution in [2.45, 2.75) is 52.0 Å². The first-order valence-electron chi connectivity index (χ1n) is 5.61. The zero-order valence-corrected chi connectivity index (χ0v) is 9.30. The summed E-state index contributed by atoms with van der Waals surface area (Å²) in [6.45, 7) is 4.16. The highest BCUT2D eigenvalue weighted by atomic mass is 19.3. The number of amides is 1. The van der Waals surface area contributed by atoms with E-state index in [2.05, 4.69) is 19.2 Å². The molecule has 15 heavy (non-hydrogen) atoms. The van der Waals surface area contributed by atoms with Crippen LogP contribution >= 0.6 is 0 Å². The Labute approximate surface area is 89.4 Å². The lowest BCUT2D eigenvalue weighted by Crippen LogP contribution is -2.46. The van der Waals surface area contributed by atoms with Gasteiger partial charge in [-0.3, -0.25) is 4.79 Å². The Morgan fingerprint density at radius 1 is 1.27 bits per heavy atom. The largest absolute Gasteiger partial charge is 0.348 e. The van der Waals surface area contributed by atoms with E-state index >= 15 is 0 Å². The van der Waals surface area contributed by atoms with Crippen molar-refractivity contribution < 1.29 is 13.6 Å². The molecule has 1 aliphatic rings. The standard InChI is InChI=1S/C11H19F2NO/c1-7(2)8-5-3-4-6-9(8)14-11(15)10(12)13/h7-10H,3-6H2,1-2H3,(H,14,15)/t8-,9+/m0/s1. The van der Waals surface area contributed by atoms with E-state index in [1.807, 2.05) is 0 Å². The predicted octanol–water partition coefficient (Wildman–Crippen LogP) is 2.58. The highest BCUT2D eigenvalue weighted by Crippen LogP contribution is 2.30. The van der Waals surface area contributed by atoms with E-state index in [1.54, 1.807) is 0 Å². The first kappa shape index (κ1) is 12.4. The van der Waals surface area contributed by atoms with Gasteiger partial charge in [-0.25, -0.2) is 0 Å². The fourth-order valence-corrected chi connectivity index (χ4v) is 2.38. The van der Waals surface area contributed by atoms with Crippen molar-refractivity contribution in [1.82, 2.24) is 5.32 Å². The van der Waals surface area contributed by atoms with Crippen molar-refractivity contribution in [3.05, 3.63) is 0 Å². The van der Waals surface area contributed by atoms with Gasteiger partial charge < -0.3 is 5.32 Å². The molecule has 1 fully saturated rings. The maximum Gasteiger partial charge on any atom is 0.315 e. The molecule has 0 aromatic carbocycles. The van der Waals surface area contributed by atoms with Crippen LogP contribution in [0.25, 0.3) is 0 Å². The molecular weight excluding hydrogens is 200 g/mol. The minimum Gasteiger partial charge on any atom is -0.348 e. The number of rotatable bonds is 3. The second kappa shape index (κ2) is 5.42. The van der Waals surface area contributed by atoms with E-state index in [-0.39, 0.29) is 6.04 Å². The number of hydrogen-bond donors (Lipinski definition) is 1. The number of alkyl halides is 2. The quantitative estimate of drug-likeness (QED) is 0.776. The maximum absolute atomic E-state index is 12.1. The summed E-state index contributed by atoms with van der Waals surface area (Å²) in [7, 11) is 0. The molecule has 1 amide bonds. The van der Waals surface area contributed by atoms with Crippen molar-refractivity contribution in [3.63, 3.8) is 0 Å². The molecule has 0 aliphatic heterocycles. The fourth-order valence-electron chi connectivity index (χ4n) is 2.38. The van der Waals surface area contributed by atoms with Gasteiger partial charge in [-0.1, -0.05) is 26.7 Å². The van der Waals surface area contributed by atoms with Crippen LogP contribution in [0.3, 0.4) is 0 Å². The van der Waals surface area contributed by atoms with Crippen LogP contribution < -0.4 is 5.32 Å². The monoisotopic (exact) mass is 219 g/mol. The Hall–Kier alpha value is -0.670. The topological polar surface area (TPSA) is 29.1 Å². The summed E-state index contributed by atoms with van der Waals surface area (Å²) in [5.74, 6) is -0.331. The molecule has 2 atom stereocenters. The first-order valence-corrected chi connectivity index (χ1v) is 5.61. The third-order valence-electron chi connectivity index (χ3n) is 3.20. The Bertz CT molecular complexity index is 219. The summed E-state index contributed by atoms with van der Waals surface area (Å²) >= 11 is 0. The van der Waals surface area contributed by atoms with E-state index in [4.69, 9.17) is 0 Å². The zero-order chi connectivity index (χ0) is 11.4. The molecule has 1 N–H and O–H groups in total. The van der Waals surface area contributed by atoms with Gasteiger partial charge in [0, 0.05) is 6.04 Å². The summed E-state index contributed by atoms with van der Waals surface area (Å²) < 4.78 is 24.2. The first-order chi connectivity index (χ1) is 7.02. The third kappa shape index (κ3) is 3.43. The Balaban J connectivity index is 2.53. The van der Waals surface area contributed by atoms with E-state index in [0.29, 0.717) is 11.8 Å². The molecule has 0 bridgehead atoms. The van der Waals surface area contributed by atoms with Crippen molar-refractivity contribution in [2.75, 3.05) is 0 Å². The van der Waals surface area contributed by atoms with Gasteiger partial charge in [-0.05, 0) is 24.7 Å². The molecule has 0 heterocycles. The minimum atomic E-state index is -2.89. The van der Waals surface area contributed by atoms with Crippen molar-refractivity contribution >= 4 is 5.91 Å². The molecular formula is C11H19F2NO. The molecule has 0 spiro atoms. The highest BCUT2D eigenvalue weighted by molar-refractivity contribution is 5.79. The Kier molecular flexibility index (Phi) is 4.48. The minimum absolute atomic E-state index is 0.0553. The predicted molar refractivity (Wildman–Crippen MR) is 54.7 cm³/mol.